The van der Waals surface area contributed by atoms with Crippen molar-refractivity contribution in [1.29, 1.82) is 0 Å². The molecule has 2 aliphatic carbocycles. The maximum atomic E-state index is 2.38. The van der Waals surface area contributed by atoms with Gasteiger partial charge < -0.3 is 0 Å². The Kier molecular flexibility index (Phi) is 2.21. The highest BCUT2D eigenvalue weighted by molar-refractivity contribution is 5.38. The fourth-order valence-electron chi connectivity index (χ4n) is 2.88. The van der Waals surface area contributed by atoms with E-state index in [1.54, 1.807) is 11.1 Å². The first-order valence-electron chi connectivity index (χ1n) is 5.88. The first kappa shape index (κ1) is 8.96. The van der Waals surface area contributed by atoms with Crippen molar-refractivity contribution in [2.24, 2.45) is 5.92 Å². The molecule has 1 aromatic rings. The Bertz CT molecular complexity index is 412. The van der Waals surface area contributed by atoms with Gasteiger partial charge >= 0.3 is 0 Å². The van der Waals surface area contributed by atoms with Gasteiger partial charge in [0.25, 0.3) is 0 Å². The van der Waals surface area contributed by atoms with Gasteiger partial charge in [0, 0.05) is 5.92 Å². The largest absolute Gasteiger partial charge is 0.0805 e. The fourth-order valence-corrected chi connectivity index (χ4v) is 2.88. The molecule has 0 N–H and O–H groups in total. The van der Waals surface area contributed by atoms with Crippen LogP contribution in [0.2, 0.25) is 0 Å². The van der Waals surface area contributed by atoms with Gasteiger partial charge in [-0.25, -0.2) is 0 Å². The van der Waals surface area contributed by atoms with Gasteiger partial charge in [0.2, 0.25) is 0 Å². The smallest absolute Gasteiger partial charge is 0.00867 e. The van der Waals surface area contributed by atoms with E-state index < -0.39 is 0 Å². The molecule has 2 aliphatic rings. The molecule has 0 radical (unpaired) electrons. The summed E-state index contributed by atoms with van der Waals surface area (Å²) in [5.74, 6) is 1.37. The number of benzene rings is 1. The maximum absolute atomic E-state index is 2.38. The van der Waals surface area contributed by atoms with Crippen molar-refractivity contribution in [3.05, 3.63) is 59.7 Å². The minimum absolute atomic E-state index is 0.633. The molecule has 0 heterocycles. The summed E-state index contributed by atoms with van der Waals surface area (Å²) in [6, 6.07) is 8.95. The predicted molar refractivity (Wildman–Crippen MR) is 63.9 cm³/mol. The van der Waals surface area contributed by atoms with E-state index in [1.165, 1.54) is 19.3 Å². The summed E-state index contributed by atoms with van der Waals surface area (Å²) in [5.41, 5.74) is 3.12. The monoisotopic (exact) mass is 196 g/mol. The fraction of sp³-hybridized carbons (Fsp3) is 0.333. The Balaban J connectivity index is 2.08. The summed E-state index contributed by atoms with van der Waals surface area (Å²) in [7, 11) is 0. The second-order valence-electron chi connectivity index (χ2n) is 4.55. The third-order valence-electron chi connectivity index (χ3n) is 3.65. The molecule has 0 amide bonds. The van der Waals surface area contributed by atoms with Gasteiger partial charge in [0.05, 0.1) is 0 Å². The molecule has 3 rings (SSSR count). The predicted octanol–water partition coefficient (Wildman–Crippen LogP) is 3.85. The van der Waals surface area contributed by atoms with Gasteiger partial charge in [0.15, 0.2) is 0 Å². The van der Waals surface area contributed by atoms with Gasteiger partial charge in [-0.05, 0) is 36.3 Å². The van der Waals surface area contributed by atoms with E-state index in [9.17, 15) is 0 Å². The number of hydrogen-bond donors (Lipinski definition) is 0. The molecule has 76 valence electrons. The minimum atomic E-state index is 0.633. The topological polar surface area (TPSA) is 0 Å². The maximum Gasteiger partial charge on any atom is 0.00867 e. The third kappa shape index (κ3) is 1.54. The normalized spacial score (nSPS) is 28.0. The lowest BCUT2D eigenvalue weighted by atomic mass is 9.81. The van der Waals surface area contributed by atoms with Crippen LogP contribution in [0.5, 0.6) is 0 Å². The number of fused-ring (bicyclic) bond motifs is 3. The number of allylic oxidation sites excluding steroid dienone is 4. The van der Waals surface area contributed by atoms with Crippen molar-refractivity contribution in [3.8, 4) is 0 Å². The number of hydrogen-bond acceptors (Lipinski definition) is 0. The Morgan fingerprint density at radius 3 is 2.87 bits per heavy atom. The lowest BCUT2D eigenvalue weighted by molar-refractivity contribution is 0.532. The molecule has 0 saturated heterocycles. The lowest BCUT2D eigenvalue weighted by Crippen LogP contribution is -2.09. The molecule has 0 nitrogen and oxygen atoms in total. The average molecular weight is 196 g/mol. The van der Waals surface area contributed by atoms with Crippen LogP contribution in [0.1, 0.15) is 29.9 Å². The molecule has 2 unspecified atom stereocenters. The van der Waals surface area contributed by atoms with Crippen LogP contribution in [-0.2, 0) is 6.42 Å². The summed E-state index contributed by atoms with van der Waals surface area (Å²) < 4.78 is 0. The second kappa shape index (κ2) is 3.69. The Hall–Kier alpha value is -1.30. The van der Waals surface area contributed by atoms with Crippen molar-refractivity contribution < 1.29 is 0 Å². The van der Waals surface area contributed by atoms with Crippen LogP contribution < -0.4 is 0 Å². The van der Waals surface area contributed by atoms with E-state index in [0.717, 1.165) is 5.92 Å². The van der Waals surface area contributed by atoms with Crippen molar-refractivity contribution in [2.45, 2.75) is 25.2 Å². The molecule has 0 spiro atoms. The van der Waals surface area contributed by atoms with Crippen LogP contribution in [-0.4, -0.2) is 0 Å². The molecule has 0 saturated carbocycles. The highest BCUT2D eigenvalue weighted by atomic mass is 14.3. The van der Waals surface area contributed by atoms with Crippen molar-refractivity contribution in [1.82, 2.24) is 0 Å². The van der Waals surface area contributed by atoms with Crippen molar-refractivity contribution >= 4 is 0 Å². The number of rotatable bonds is 0. The Morgan fingerprint density at radius 1 is 1.00 bits per heavy atom. The lowest BCUT2D eigenvalue weighted by Gasteiger charge is -2.23. The van der Waals surface area contributed by atoms with Crippen LogP contribution >= 0.6 is 0 Å². The summed E-state index contributed by atoms with van der Waals surface area (Å²) >= 11 is 0. The highest BCUT2D eigenvalue weighted by Crippen LogP contribution is 2.38. The highest BCUT2D eigenvalue weighted by Gasteiger charge is 2.24. The first-order valence-corrected chi connectivity index (χ1v) is 5.88. The molecule has 0 fully saturated rings. The van der Waals surface area contributed by atoms with Gasteiger partial charge in [-0.2, -0.15) is 0 Å². The van der Waals surface area contributed by atoms with E-state index >= 15 is 0 Å². The van der Waals surface area contributed by atoms with Gasteiger partial charge in [-0.3, -0.25) is 0 Å². The zero-order valence-corrected chi connectivity index (χ0v) is 8.89. The van der Waals surface area contributed by atoms with Crippen LogP contribution in [0.4, 0.5) is 0 Å². The summed E-state index contributed by atoms with van der Waals surface area (Å²) in [4.78, 5) is 0. The zero-order valence-electron chi connectivity index (χ0n) is 8.89. The summed E-state index contributed by atoms with van der Waals surface area (Å²) in [5, 5.41) is 0. The first-order chi connectivity index (χ1) is 7.45. The van der Waals surface area contributed by atoms with Crippen LogP contribution in [0.25, 0.3) is 0 Å². The van der Waals surface area contributed by atoms with Crippen LogP contribution in [0, 0.1) is 5.92 Å². The summed E-state index contributed by atoms with van der Waals surface area (Å²) in [6.45, 7) is 0. The van der Waals surface area contributed by atoms with E-state index in [0.29, 0.717) is 5.92 Å². The molecular formula is C15H16. The third-order valence-corrected chi connectivity index (χ3v) is 3.65. The Labute approximate surface area is 91.3 Å². The van der Waals surface area contributed by atoms with E-state index in [1.807, 2.05) is 0 Å². The van der Waals surface area contributed by atoms with Gasteiger partial charge in [-0.15, -0.1) is 0 Å². The standard InChI is InChI=1S/C15H16/c1-3-10-14-12(6-1)8-5-9-13-7-2-4-11-15(13)14/h1-4,6-7,10-12,14H,5,8-9H2. The van der Waals surface area contributed by atoms with E-state index in [2.05, 4.69) is 48.6 Å². The van der Waals surface area contributed by atoms with Gasteiger partial charge in [0.1, 0.15) is 0 Å². The van der Waals surface area contributed by atoms with Gasteiger partial charge in [-0.1, -0.05) is 48.6 Å². The molecular weight excluding hydrogens is 180 g/mol. The molecule has 1 aromatic carbocycles. The van der Waals surface area contributed by atoms with Crippen molar-refractivity contribution in [2.75, 3.05) is 0 Å². The van der Waals surface area contributed by atoms with E-state index in [-0.39, 0.29) is 0 Å². The quantitative estimate of drug-likeness (QED) is 0.591. The Morgan fingerprint density at radius 2 is 1.87 bits per heavy atom. The van der Waals surface area contributed by atoms with Crippen LogP contribution in [0.3, 0.4) is 0 Å². The summed E-state index contributed by atoms with van der Waals surface area (Å²) in [6.07, 6.45) is 13.1. The molecule has 0 aliphatic heterocycles. The number of aryl methyl sites for hydroxylation is 1. The molecule has 0 heteroatoms. The zero-order chi connectivity index (χ0) is 10.1. The minimum Gasteiger partial charge on any atom is -0.0805 e. The van der Waals surface area contributed by atoms with Crippen LogP contribution in [0.15, 0.2) is 48.6 Å². The van der Waals surface area contributed by atoms with E-state index in [4.69, 9.17) is 0 Å². The molecule has 0 bridgehead atoms. The SMILES string of the molecule is C1=CC2CCCc3ccccc3C2C=C1. The molecule has 0 aromatic heterocycles. The average Bonchev–Trinajstić information content (AvgIpc) is 2.48. The second-order valence-corrected chi connectivity index (χ2v) is 4.55. The molecule has 2 atom stereocenters. The van der Waals surface area contributed by atoms with Crippen molar-refractivity contribution in [3.63, 3.8) is 0 Å². The molecule has 15 heavy (non-hydrogen) atoms.